The van der Waals surface area contributed by atoms with Crippen LogP contribution in [0.1, 0.15) is 25.3 Å². The van der Waals surface area contributed by atoms with Gasteiger partial charge in [-0.2, -0.15) is 0 Å². The molecule has 0 radical (unpaired) electrons. The van der Waals surface area contributed by atoms with Crippen molar-refractivity contribution in [2.45, 2.75) is 25.9 Å². The lowest BCUT2D eigenvalue weighted by Crippen LogP contribution is -2.51. The van der Waals surface area contributed by atoms with Crippen molar-refractivity contribution in [2.75, 3.05) is 39.8 Å². The number of amides is 1. The Morgan fingerprint density at radius 3 is 2.77 bits per heavy atom. The topological polar surface area (TPSA) is 70.1 Å². The van der Waals surface area contributed by atoms with Gasteiger partial charge in [0.2, 0.25) is 5.91 Å². The van der Waals surface area contributed by atoms with Crippen molar-refractivity contribution >= 4 is 23.5 Å². The number of carboxylic acids is 1. The van der Waals surface area contributed by atoms with Gasteiger partial charge in [-0.15, -0.1) is 0 Å². The summed E-state index contributed by atoms with van der Waals surface area (Å²) in [6.07, 6.45) is -0.191. The average molecular weight is 383 g/mol. The maximum absolute atomic E-state index is 13.2. The summed E-state index contributed by atoms with van der Waals surface area (Å²) in [5.41, 5.74) is 0.920. The fourth-order valence-electron chi connectivity index (χ4n) is 3.38. The molecule has 2 atom stereocenters. The molecule has 0 saturated carbocycles. The molecule has 1 saturated heterocycles. The zero-order valence-corrected chi connectivity index (χ0v) is 16.3. The van der Waals surface area contributed by atoms with E-state index in [0.29, 0.717) is 31.3 Å². The maximum atomic E-state index is 13.2. The molecule has 26 heavy (non-hydrogen) atoms. The molecule has 1 aliphatic heterocycles. The van der Waals surface area contributed by atoms with Gasteiger partial charge in [0.25, 0.3) is 0 Å². The Balaban J connectivity index is 2.07. The normalized spacial score (nSPS) is 19.0. The van der Waals surface area contributed by atoms with Gasteiger partial charge >= 0.3 is 5.97 Å². The average Bonchev–Trinajstić information content (AvgIpc) is 2.54. The summed E-state index contributed by atoms with van der Waals surface area (Å²) in [5, 5.41) is 9.50. The summed E-state index contributed by atoms with van der Waals surface area (Å²) in [6, 6.07) is 7.45. The molecule has 1 amide bonds. The van der Waals surface area contributed by atoms with Crippen LogP contribution in [0.3, 0.4) is 0 Å². The van der Waals surface area contributed by atoms with Gasteiger partial charge in [0.1, 0.15) is 0 Å². The van der Waals surface area contributed by atoms with Crippen molar-refractivity contribution in [1.82, 2.24) is 9.80 Å². The van der Waals surface area contributed by atoms with Gasteiger partial charge in [0, 0.05) is 24.7 Å². The van der Waals surface area contributed by atoms with Crippen molar-refractivity contribution in [3.63, 3.8) is 0 Å². The smallest absolute Gasteiger partial charge is 0.317 e. The number of aliphatic carboxylic acids is 1. The Morgan fingerprint density at radius 2 is 2.15 bits per heavy atom. The Hall–Kier alpha value is -1.63. The maximum Gasteiger partial charge on any atom is 0.317 e. The number of hydrogen-bond acceptors (Lipinski definition) is 4. The van der Waals surface area contributed by atoms with Crippen LogP contribution in [0.4, 0.5) is 0 Å². The van der Waals surface area contributed by atoms with Crippen LogP contribution < -0.4 is 0 Å². The van der Waals surface area contributed by atoms with Crippen LogP contribution >= 0.6 is 11.6 Å². The molecule has 144 valence electrons. The minimum atomic E-state index is -0.878. The number of morpholine rings is 1. The van der Waals surface area contributed by atoms with Crippen LogP contribution in [0, 0.1) is 5.92 Å². The van der Waals surface area contributed by atoms with Crippen LogP contribution in [0.15, 0.2) is 24.3 Å². The lowest BCUT2D eigenvalue weighted by molar-refractivity contribution is -0.144. The number of carbonyl (C=O) groups excluding carboxylic acids is 1. The zero-order valence-electron chi connectivity index (χ0n) is 15.5. The highest BCUT2D eigenvalue weighted by molar-refractivity contribution is 6.30. The number of nitrogens with zero attached hydrogens (tertiary/aromatic N) is 2. The SMILES string of the molecule is CC(C)C(C(=O)N1CCOC(CN(C)CC(=O)O)C1)c1cccc(Cl)c1. The van der Waals surface area contributed by atoms with Gasteiger partial charge in [-0.25, -0.2) is 0 Å². The Morgan fingerprint density at radius 1 is 1.42 bits per heavy atom. The number of likely N-dealkylation sites (N-methyl/N-ethyl adjacent to an activating group) is 1. The first-order chi connectivity index (χ1) is 12.3. The number of ether oxygens (including phenoxy) is 1. The van der Waals surface area contributed by atoms with Gasteiger partial charge in [0.15, 0.2) is 0 Å². The van der Waals surface area contributed by atoms with Crippen LogP contribution in [0.25, 0.3) is 0 Å². The highest BCUT2D eigenvalue weighted by Crippen LogP contribution is 2.29. The third-order valence-corrected chi connectivity index (χ3v) is 4.75. The second kappa shape index (κ2) is 9.35. The number of benzene rings is 1. The molecule has 7 heteroatoms. The fraction of sp³-hybridized carbons (Fsp3) is 0.579. The Kier molecular flexibility index (Phi) is 7.43. The lowest BCUT2D eigenvalue weighted by Gasteiger charge is -2.37. The van der Waals surface area contributed by atoms with E-state index in [2.05, 4.69) is 0 Å². The van der Waals surface area contributed by atoms with Crippen LogP contribution in [0.2, 0.25) is 5.02 Å². The molecular formula is C19H27ClN2O4. The third-order valence-electron chi connectivity index (χ3n) is 4.51. The first kappa shape index (κ1) is 20.7. The number of halogens is 1. The van der Waals surface area contributed by atoms with Crippen LogP contribution in [0.5, 0.6) is 0 Å². The monoisotopic (exact) mass is 382 g/mol. The van der Waals surface area contributed by atoms with E-state index in [1.165, 1.54) is 0 Å². The number of rotatable bonds is 7. The molecule has 1 fully saturated rings. The van der Waals surface area contributed by atoms with E-state index in [4.69, 9.17) is 21.4 Å². The summed E-state index contributed by atoms with van der Waals surface area (Å²) in [6.45, 7) is 5.95. The van der Waals surface area contributed by atoms with Gasteiger partial charge in [-0.3, -0.25) is 14.5 Å². The number of hydrogen-bond donors (Lipinski definition) is 1. The molecule has 1 aromatic rings. The van der Waals surface area contributed by atoms with Crippen LogP contribution in [-0.2, 0) is 14.3 Å². The summed E-state index contributed by atoms with van der Waals surface area (Å²) in [5.74, 6) is -0.935. The molecule has 1 aliphatic rings. The molecule has 0 aliphatic carbocycles. The number of carbonyl (C=O) groups is 2. The molecule has 0 aromatic heterocycles. The van der Waals surface area contributed by atoms with Gasteiger partial charge in [0.05, 0.1) is 25.2 Å². The molecule has 6 nitrogen and oxygen atoms in total. The molecule has 1 N–H and O–H groups in total. The zero-order chi connectivity index (χ0) is 19.3. The first-order valence-corrected chi connectivity index (χ1v) is 9.22. The minimum absolute atomic E-state index is 0.0507. The quantitative estimate of drug-likeness (QED) is 0.783. The largest absolute Gasteiger partial charge is 0.480 e. The minimum Gasteiger partial charge on any atom is -0.480 e. The van der Waals surface area contributed by atoms with Gasteiger partial charge in [-0.1, -0.05) is 37.6 Å². The predicted molar refractivity (Wildman–Crippen MR) is 100 cm³/mol. The standard InChI is InChI=1S/C19H27ClN2O4/c1-13(2)18(14-5-4-6-15(20)9-14)19(25)22-7-8-26-16(11-22)10-21(3)12-17(23)24/h4-6,9,13,16,18H,7-8,10-12H2,1-3H3,(H,23,24). The highest BCUT2D eigenvalue weighted by atomic mass is 35.5. The third kappa shape index (κ3) is 5.69. The van der Waals surface area contributed by atoms with E-state index in [0.717, 1.165) is 5.56 Å². The van der Waals surface area contributed by atoms with E-state index in [1.54, 1.807) is 18.0 Å². The van der Waals surface area contributed by atoms with Crippen LogP contribution in [-0.4, -0.2) is 72.7 Å². The van der Waals surface area contributed by atoms with E-state index in [-0.39, 0.29) is 30.4 Å². The first-order valence-electron chi connectivity index (χ1n) is 8.84. The van der Waals surface area contributed by atoms with E-state index in [9.17, 15) is 9.59 Å². The second-order valence-corrected chi connectivity index (χ2v) is 7.58. The highest BCUT2D eigenvalue weighted by Gasteiger charge is 2.32. The van der Waals surface area contributed by atoms with Gasteiger partial charge < -0.3 is 14.7 Å². The van der Waals surface area contributed by atoms with Crippen molar-refractivity contribution in [1.29, 1.82) is 0 Å². The molecule has 2 unspecified atom stereocenters. The predicted octanol–water partition coefficient (Wildman–Crippen LogP) is 2.32. The molecule has 2 rings (SSSR count). The summed E-state index contributed by atoms with van der Waals surface area (Å²) in [4.78, 5) is 27.5. The Bertz CT molecular complexity index is 638. The molecule has 0 bridgehead atoms. The fourth-order valence-corrected chi connectivity index (χ4v) is 3.58. The van der Waals surface area contributed by atoms with Crippen molar-refractivity contribution < 1.29 is 19.4 Å². The molecule has 0 spiro atoms. The molecular weight excluding hydrogens is 356 g/mol. The molecule has 1 heterocycles. The van der Waals surface area contributed by atoms with E-state index >= 15 is 0 Å². The van der Waals surface area contributed by atoms with Crippen molar-refractivity contribution in [2.24, 2.45) is 5.92 Å². The Labute approximate surface area is 159 Å². The number of carboxylic acid groups (broad SMARTS) is 1. The van der Waals surface area contributed by atoms with Crippen molar-refractivity contribution in [3.8, 4) is 0 Å². The molecule has 1 aromatic carbocycles. The second-order valence-electron chi connectivity index (χ2n) is 7.14. The van der Waals surface area contributed by atoms with E-state index in [1.807, 2.05) is 36.9 Å². The lowest BCUT2D eigenvalue weighted by atomic mass is 9.87. The van der Waals surface area contributed by atoms with Gasteiger partial charge in [-0.05, 0) is 30.7 Å². The summed E-state index contributed by atoms with van der Waals surface area (Å²) < 4.78 is 5.73. The summed E-state index contributed by atoms with van der Waals surface area (Å²) >= 11 is 6.11. The summed E-state index contributed by atoms with van der Waals surface area (Å²) in [7, 11) is 1.74. The van der Waals surface area contributed by atoms with Crippen molar-refractivity contribution in [3.05, 3.63) is 34.9 Å². The van der Waals surface area contributed by atoms with E-state index < -0.39 is 5.97 Å².